The molecule has 3 rings (SSSR count). The van der Waals surface area contributed by atoms with Crippen molar-refractivity contribution in [2.75, 3.05) is 40.5 Å². The zero-order chi connectivity index (χ0) is 27.9. The number of benzene rings is 2. The molecule has 210 valence electrons. The van der Waals surface area contributed by atoms with Crippen LogP contribution in [0, 0.1) is 11.7 Å². The van der Waals surface area contributed by atoms with Crippen molar-refractivity contribution < 1.29 is 36.6 Å². The standard InChI is InChI=1S/C29H37F4NO4/c1-20(2)27-25-9-8-23(30)17-22(25)10-12-28(27,38-26(35)18-36-4)13-15-34(3)14-11-21-6-5-7-24(16-21)37-19-29(31,32)33/h5-9,16-17,20,27H,10-15,18-19H2,1-4H3/t27-,28-/m1/s1. The lowest BCUT2D eigenvalue weighted by Gasteiger charge is -2.47. The Labute approximate surface area is 222 Å². The molecule has 1 aliphatic rings. The molecule has 0 heterocycles. The van der Waals surface area contributed by atoms with Crippen LogP contribution in [0.25, 0.3) is 0 Å². The fourth-order valence-corrected chi connectivity index (χ4v) is 5.43. The lowest BCUT2D eigenvalue weighted by molar-refractivity contribution is -0.172. The average molecular weight is 540 g/mol. The van der Waals surface area contributed by atoms with Gasteiger partial charge in [-0.15, -0.1) is 0 Å². The van der Waals surface area contributed by atoms with Crippen LogP contribution in [0.15, 0.2) is 42.5 Å². The third-order valence-corrected chi connectivity index (χ3v) is 7.07. The summed E-state index contributed by atoms with van der Waals surface area (Å²) in [5.41, 5.74) is 2.06. The summed E-state index contributed by atoms with van der Waals surface area (Å²) >= 11 is 0. The molecule has 0 bridgehead atoms. The van der Waals surface area contributed by atoms with E-state index in [1.165, 1.54) is 19.2 Å². The first-order chi connectivity index (χ1) is 17.9. The number of hydrogen-bond acceptors (Lipinski definition) is 5. The Morgan fingerprint density at radius 1 is 1.16 bits per heavy atom. The molecule has 2 atom stereocenters. The summed E-state index contributed by atoms with van der Waals surface area (Å²) in [6.07, 6.45) is -2.01. The van der Waals surface area contributed by atoms with Gasteiger partial charge in [0.2, 0.25) is 0 Å². The summed E-state index contributed by atoms with van der Waals surface area (Å²) in [4.78, 5) is 14.8. The van der Waals surface area contributed by atoms with Crippen molar-refractivity contribution >= 4 is 5.97 Å². The SMILES string of the molecule is COCC(=O)O[C@@]1(CCN(C)CCc2cccc(OCC(F)(F)F)c2)CCc2cc(F)ccc2[C@H]1C(C)C. The molecule has 2 aromatic rings. The molecule has 9 heteroatoms. The fourth-order valence-electron chi connectivity index (χ4n) is 5.43. The third-order valence-electron chi connectivity index (χ3n) is 7.07. The van der Waals surface area contributed by atoms with Crippen molar-refractivity contribution in [1.29, 1.82) is 0 Å². The highest BCUT2D eigenvalue weighted by Crippen LogP contribution is 2.48. The van der Waals surface area contributed by atoms with Gasteiger partial charge in [-0.25, -0.2) is 9.18 Å². The second-order valence-electron chi connectivity index (χ2n) is 10.4. The van der Waals surface area contributed by atoms with Gasteiger partial charge < -0.3 is 19.1 Å². The quantitative estimate of drug-likeness (QED) is 0.247. The van der Waals surface area contributed by atoms with Gasteiger partial charge in [0.05, 0.1) is 0 Å². The Hall–Kier alpha value is -2.65. The summed E-state index contributed by atoms with van der Waals surface area (Å²) < 4.78 is 67.4. The largest absolute Gasteiger partial charge is 0.484 e. The van der Waals surface area contributed by atoms with E-state index < -0.39 is 24.4 Å². The number of halogens is 4. The maximum absolute atomic E-state index is 14.0. The molecular formula is C29H37F4NO4. The van der Waals surface area contributed by atoms with E-state index >= 15 is 0 Å². The topological polar surface area (TPSA) is 48.0 Å². The molecule has 0 spiro atoms. The number of likely N-dealkylation sites (N-methyl/N-ethyl adjacent to an activating group) is 1. The molecule has 0 N–H and O–H groups in total. The monoisotopic (exact) mass is 539 g/mol. The predicted octanol–water partition coefficient (Wildman–Crippen LogP) is 5.95. The van der Waals surface area contributed by atoms with Crippen molar-refractivity contribution in [2.24, 2.45) is 5.92 Å². The van der Waals surface area contributed by atoms with Gasteiger partial charge in [0, 0.05) is 32.5 Å². The van der Waals surface area contributed by atoms with E-state index in [0.29, 0.717) is 38.8 Å². The summed E-state index contributed by atoms with van der Waals surface area (Å²) in [7, 11) is 3.41. The zero-order valence-electron chi connectivity index (χ0n) is 22.4. The van der Waals surface area contributed by atoms with E-state index in [9.17, 15) is 22.4 Å². The number of aryl methyl sites for hydroxylation is 1. The Kier molecular flexibility index (Phi) is 10.2. The number of alkyl halides is 3. The summed E-state index contributed by atoms with van der Waals surface area (Å²) in [5, 5.41) is 0. The minimum Gasteiger partial charge on any atom is -0.484 e. The van der Waals surface area contributed by atoms with E-state index in [4.69, 9.17) is 14.2 Å². The lowest BCUT2D eigenvalue weighted by atomic mass is 9.65. The van der Waals surface area contributed by atoms with E-state index in [1.807, 2.05) is 19.2 Å². The molecule has 0 aromatic heterocycles. The Balaban J connectivity index is 1.71. The van der Waals surface area contributed by atoms with Gasteiger partial charge in [-0.1, -0.05) is 32.0 Å². The minimum atomic E-state index is -4.39. The van der Waals surface area contributed by atoms with Crippen molar-refractivity contribution in [1.82, 2.24) is 4.90 Å². The van der Waals surface area contributed by atoms with E-state index in [1.54, 1.807) is 18.2 Å². The van der Waals surface area contributed by atoms with Gasteiger partial charge in [-0.2, -0.15) is 13.2 Å². The number of carbonyl (C=O) groups excluding carboxylic acids is 1. The molecule has 1 aliphatic carbocycles. The number of methoxy groups -OCH3 is 1. The minimum absolute atomic E-state index is 0.108. The molecule has 0 aliphatic heterocycles. The highest BCUT2D eigenvalue weighted by molar-refractivity contribution is 5.71. The van der Waals surface area contributed by atoms with E-state index in [0.717, 1.165) is 16.7 Å². The van der Waals surface area contributed by atoms with Crippen LogP contribution in [-0.2, 0) is 27.1 Å². The highest BCUT2D eigenvalue weighted by Gasteiger charge is 2.47. The van der Waals surface area contributed by atoms with Crippen LogP contribution in [0.3, 0.4) is 0 Å². The van der Waals surface area contributed by atoms with Crippen molar-refractivity contribution in [3.8, 4) is 5.75 Å². The first-order valence-electron chi connectivity index (χ1n) is 12.9. The van der Waals surface area contributed by atoms with Crippen LogP contribution < -0.4 is 4.74 Å². The molecule has 38 heavy (non-hydrogen) atoms. The smallest absolute Gasteiger partial charge is 0.422 e. The maximum Gasteiger partial charge on any atom is 0.422 e. The molecule has 5 nitrogen and oxygen atoms in total. The van der Waals surface area contributed by atoms with Crippen molar-refractivity contribution in [3.63, 3.8) is 0 Å². The Morgan fingerprint density at radius 3 is 2.61 bits per heavy atom. The zero-order valence-corrected chi connectivity index (χ0v) is 22.4. The molecule has 2 aromatic carbocycles. The molecule has 0 fully saturated rings. The van der Waals surface area contributed by atoms with Gasteiger partial charge in [-0.3, -0.25) is 0 Å². The first kappa shape index (κ1) is 29.9. The van der Waals surface area contributed by atoms with E-state index in [2.05, 4.69) is 18.7 Å². The van der Waals surface area contributed by atoms with E-state index in [-0.39, 0.29) is 30.0 Å². The number of fused-ring (bicyclic) bond motifs is 1. The molecule has 0 saturated carbocycles. The number of rotatable bonds is 12. The summed E-state index contributed by atoms with van der Waals surface area (Å²) in [5.74, 6) is -0.489. The normalized spacial score (nSPS) is 19.5. The lowest BCUT2D eigenvalue weighted by Crippen LogP contribution is -2.49. The number of nitrogens with zero attached hydrogens (tertiary/aromatic N) is 1. The number of esters is 1. The second-order valence-corrected chi connectivity index (χ2v) is 10.4. The Bertz CT molecular complexity index is 1070. The van der Waals surface area contributed by atoms with Crippen molar-refractivity contribution in [2.45, 2.75) is 57.2 Å². The summed E-state index contributed by atoms with van der Waals surface area (Å²) in [6.45, 7) is 3.97. The van der Waals surface area contributed by atoms with Crippen LogP contribution in [0.5, 0.6) is 5.75 Å². The van der Waals surface area contributed by atoms with Crippen LogP contribution in [-0.4, -0.2) is 63.1 Å². The van der Waals surface area contributed by atoms with Gasteiger partial charge in [0.1, 0.15) is 23.8 Å². The maximum atomic E-state index is 14.0. The first-order valence-corrected chi connectivity index (χ1v) is 12.9. The number of carbonyl (C=O) groups is 1. The highest BCUT2D eigenvalue weighted by atomic mass is 19.4. The second kappa shape index (κ2) is 12.9. The van der Waals surface area contributed by atoms with Crippen LogP contribution in [0.2, 0.25) is 0 Å². The Morgan fingerprint density at radius 2 is 1.92 bits per heavy atom. The van der Waals surface area contributed by atoms with Crippen LogP contribution in [0.4, 0.5) is 17.6 Å². The molecular weight excluding hydrogens is 502 g/mol. The van der Waals surface area contributed by atoms with Crippen LogP contribution >= 0.6 is 0 Å². The molecule has 0 radical (unpaired) electrons. The molecule has 0 saturated heterocycles. The van der Waals surface area contributed by atoms with Gasteiger partial charge in [0.15, 0.2) is 6.61 Å². The molecule has 0 unspecified atom stereocenters. The number of ether oxygens (including phenoxy) is 3. The van der Waals surface area contributed by atoms with Gasteiger partial charge in [-0.05, 0) is 73.2 Å². The summed E-state index contributed by atoms with van der Waals surface area (Å²) in [6, 6.07) is 11.5. The number of hydrogen-bond donors (Lipinski definition) is 0. The van der Waals surface area contributed by atoms with Gasteiger partial charge in [0.25, 0.3) is 0 Å². The average Bonchev–Trinajstić information content (AvgIpc) is 2.85. The third kappa shape index (κ3) is 8.17. The molecule has 0 amide bonds. The van der Waals surface area contributed by atoms with Gasteiger partial charge >= 0.3 is 12.1 Å². The fraction of sp³-hybridized carbons (Fsp3) is 0.552. The van der Waals surface area contributed by atoms with Crippen LogP contribution in [0.1, 0.15) is 49.3 Å². The van der Waals surface area contributed by atoms with Crippen molar-refractivity contribution in [3.05, 3.63) is 65.0 Å². The predicted molar refractivity (Wildman–Crippen MR) is 137 cm³/mol.